The van der Waals surface area contributed by atoms with Crippen LogP contribution in [0.1, 0.15) is 25.0 Å². The van der Waals surface area contributed by atoms with Crippen molar-refractivity contribution >= 4 is 16.7 Å². The fourth-order valence-corrected chi connectivity index (χ4v) is 3.03. The molecule has 0 aliphatic rings. The number of carbonyl (C=O) groups is 1. The zero-order chi connectivity index (χ0) is 17.0. The number of benzene rings is 2. The van der Waals surface area contributed by atoms with Gasteiger partial charge in [0, 0.05) is 12.4 Å². The summed E-state index contributed by atoms with van der Waals surface area (Å²) in [4.78, 5) is 16.9. The molecule has 1 heterocycles. The van der Waals surface area contributed by atoms with Crippen LogP contribution in [0.5, 0.6) is 0 Å². The van der Waals surface area contributed by atoms with Gasteiger partial charge >= 0.3 is 5.97 Å². The first-order valence-electron chi connectivity index (χ1n) is 8.19. The van der Waals surface area contributed by atoms with Gasteiger partial charge in [-0.15, -0.1) is 0 Å². The number of aromatic nitrogens is 1. The van der Waals surface area contributed by atoms with E-state index in [0.717, 1.165) is 21.9 Å². The third kappa shape index (κ3) is 3.16. The Morgan fingerprint density at radius 3 is 2.58 bits per heavy atom. The molecule has 0 N–H and O–H groups in total. The van der Waals surface area contributed by atoms with Gasteiger partial charge < -0.3 is 4.74 Å². The van der Waals surface area contributed by atoms with Gasteiger partial charge in [0.2, 0.25) is 0 Å². The SMILES string of the molecule is CCOC(=O)C(C)(Cc1cccnc1)c1ccc2ccccc2c1. The number of nitrogens with zero attached hydrogens (tertiary/aromatic N) is 1. The highest BCUT2D eigenvalue weighted by Crippen LogP contribution is 2.32. The second kappa shape index (κ2) is 6.83. The molecule has 1 unspecified atom stereocenters. The van der Waals surface area contributed by atoms with Crippen molar-refractivity contribution in [3.8, 4) is 0 Å². The molecule has 0 radical (unpaired) electrons. The average Bonchev–Trinajstić information content (AvgIpc) is 2.62. The zero-order valence-electron chi connectivity index (χ0n) is 14.0. The Hall–Kier alpha value is -2.68. The fraction of sp³-hybridized carbons (Fsp3) is 0.238. The van der Waals surface area contributed by atoms with E-state index in [0.29, 0.717) is 13.0 Å². The van der Waals surface area contributed by atoms with Gasteiger partial charge in [-0.25, -0.2) is 0 Å². The van der Waals surface area contributed by atoms with Crippen LogP contribution in [0.15, 0.2) is 67.0 Å². The van der Waals surface area contributed by atoms with Crippen LogP contribution in [0.3, 0.4) is 0 Å². The van der Waals surface area contributed by atoms with Crippen LogP contribution in [0, 0.1) is 0 Å². The lowest BCUT2D eigenvalue weighted by molar-refractivity contribution is -0.149. The minimum Gasteiger partial charge on any atom is -0.465 e. The summed E-state index contributed by atoms with van der Waals surface area (Å²) in [6.45, 7) is 4.15. The van der Waals surface area contributed by atoms with E-state index in [1.807, 2.05) is 44.2 Å². The third-order valence-electron chi connectivity index (χ3n) is 4.39. The number of carbonyl (C=O) groups excluding carboxylic acids is 1. The van der Waals surface area contributed by atoms with E-state index >= 15 is 0 Å². The summed E-state index contributed by atoms with van der Waals surface area (Å²) in [5.41, 5.74) is 1.23. The van der Waals surface area contributed by atoms with Gasteiger partial charge in [-0.1, -0.05) is 48.5 Å². The van der Waals surface area contributed by atoms with Crippen molar-refractivity contribution in [3.63, 3.8) is 0 Å². The molecule has 0 fully saturated rings. The van der Waals surface area contributed by atoms with Gasteiger partial charge in [-0.2, -0.15) is 0 Å². The van der Waals surface area contributed by atoms with Crippen LogP contribution in [-0.4, -0.2) is 17.6 Å². The Labute approximate surface area is 142 Å². The van der Waals surface area contributed by atoms with Gasteiger partial charge in [0.05, 0.1) is 12.0 Å². The summed E-state index contributed by atoms with van der Waals surface area (Å²) in [5.74, 6) is -0.205. The monoisotopic (exact) mass is 319 g/mol. The van der Waals surface area contributed by atoms with Crippen molar-refractivity contribution in [1.82, 2.24) is 4.98 Å². The van der Waals surface area contributed by atoms with Gasteiger partial charge in [0.15, 0.2) is 0 Å². The summed E-state index contributed by atoms with van der Waals surface area (Å²) < 4.78 is 5.39. The van der Waals surface area contributed by atoms with E-state index in [2.05, 4.69) is 29.2 Å². The molecule has 0 bridgehead atoms. The highest BCUT2D eigenvalue weighted by atomic mass is 16.5. The summed E-state index contributed by atoms with van der Waals surface area (Å²) in [6.07, 6.45) is 4.10. The van der Waals surface area contributed by atoms with Crippen LogP contribution in [0.4, 0.5) is 0 Å². The number of hydrogen-bond donors (Lipinski definition) is 0. The third-order valence-corrected chi connectivity index (χ3v) is 4.39. The molecule has 0 amide bonds. The Balaban J connectivity index is 2.06. The molecule has 1 aromatic heterocycles. The minimum atomic E-state index is -0.747. The van der Waals surface area contributed by atoms with E-state index in [4.69, 9.17) is 4.74 Å². The maximum Gasteiger partial charge on any atom is 0.316 e. The first-order chi connectivity index (χ1) is 11.6. The molecule has 0 aliphatic carbocycles. The molecule has 2 aromatic carbocycles. The van der Waals surface area contributed by atoms with E-state index in [1.54, 1.807) is 12.4 Å². The van der Waals surface area contributed by atoms with Crippen LogP contribution < -0.4 is 0 Å². The largest absolute Gasteiger partial charge is 0.465 e. The molecule has 0 saturated heterocycles. The molecular formula is C21H21NO2. The molecule has 3 heteroatoms. The highest BCUT2D eigenvalue weighted by molar-refractivity contribution is 5.88. The normalized spacial score (nSPS) is 13.4. The molecule has 3 rings (SSSR count). The number of rotatable bonds is 5. The molecule has 122 valence electrons. The molecular weight excluding hydrogens is 298 g/mol. The predicted molar refractivity (Wildman–Crippen MR) is 95.9 cm³/mol. The van der Waals surface area contributed by atoms with Gasteiger partial charge in [0.25, 0.3) is 0 Å². The second-order valence-electron chi connectivity index (χ2n) is 6.15. The Morgan fingerprint density at radius 2 is 1.88 bits per heavy atom. The Morgan fingerprint density at radius 1 is 1.08 bits per heavy atom. The van der Waals surface area contributed by atoms with E-state index in [9.17, 15) is 4.79 Å². The molecule has 3 aromatic rings. The summed E-state index contributed by atoms with van der Waals surface area (Å²) in [7, 11) is 0. The number of hydrogen-bond acceptors (Lipinski definition) is 3. The first-order valence-corrected chi connectivity index (χ1v) is 8.19. The van der Waals surface area contributed by atoms with Crippen molar-refractivity contribution in [2.24, 2.45) is 0 Å². The molecule has 24 heavy (non-hydrogen) atoms. The zero-order valence-corrected chi connectivity index (χ0v) is 14.0. The van der Waals surface area contributed by atoms with Crippen molar-refractivity contribution in [2.45, 2.75) is 25.7 Å². The van der Waals surface area contributed by atoms with Crippen LogP contribution in [0.2, 0.25) is 0 Å². The number of pyridine rings is 1. The Kier molecular flexibility index (Phi) is 4.61. The van der Waals surface area contributed by atoms with E-state index in [1.165, 1.54) is 0 Å². The molecule has 0 saturated carbocycles. The lowest BCUT2D eigenvalue weighted by atomic mass is 9.77. The molecule has 0 spiro atoms. The van der Waals surface area contributed by atoms with E-state index in [-0.39, 0.29) is 5.97 Å². The summed E-state index contributed by atoms with van der Waals surface area (Å²) >= 11 is 0. The Bertz CT molecular complexity index is 845. The minimum absolute atomic E-state index is 0.205. The molecule has 3 nitrogen and oxygen atoms in total. The maximum absolute atomic E-state index is 12.8. The van der Waals surface area contributed by atoms with Crippen molar-refractivity contribution in [2.75, 3.05) is 6.61 Å². The second-order valence-corrected chi connectivity index (χ2v) is 6.15. The fourth-order valence-electron chi connectivity index (χ4n) is 3.03. The number of esters is 1. The first kappa shape index (κ1) is 16.2. The van der Waals surface area contributed by atoms with Gasteiger partial charge in [0.1, 0.15) is 0 Å². The highest BCUT2D eigenvalue weighted by Gasteiger charge is 2.37. The standard InChI is InChI=1S/C21H21NO2/c1-3-24-20(23)21(2,14-16-7-6-12-22-15-16)19-11-10-17-8-4-5-9-18(17)13-19/h4-13,15H,3,14H2,1-2H3. The summed E-state index contributed by atoms with van der Waals surface area (Å²) in [5, 5.41) is 2.28. The van der Waals surface area contributed by atoms with Gasteiger partial charge in [-0.05, 0) is 48.2 Å². The average molecular weight is 319 g/mol. The maximum atomic E-state index is 12.8. The summed E-state index contributed by atoms with van der Waals surface area (Å²) in [6, 6.07) is 18.2. The van der Waals surface area contributed by atoms with Crippen LogP contribution in [-0.2, 0) is 21.4 Å². The lowest BCUT2D eigenvalue weighted by Crippen LogP contribution is -2.36. The van der Waals surface area contributed by atoms with E-state index < -0.39 is 5.41 Å². The topological polar surface area (TPSA) is 39.2 Å². The van der Waals surface area contributed by atoms with Gasteiger partial charge in [-0.3, -0.25) is 9.78 Å². The quantitative estimate of drug-likeness (QED) is 0.658. The van der Waals surface area contributed by atoms with Crippen molar-refractivity contribution in [1.29, 1.82) is 0 Å². The lowest BCUT2D eigenvalue weighted by Gasteiger charge is -2.28. The molecule has 1 atom stereocenters. The number of ether oxygens (including phenoxy) is 1. The van der Waals surface area contributed by atoms with Crippen LogP contribution in [0.25, 0.3) is 10.8 Å². The number of fused-ring (bicyclic) bond motifs is 1. The predicted octanol–water partition coefficient (Wildman–Crippen LogP) is 4.30. The van der Waals surface area contributed by atoms with Crippen molar-refractivity contribution in [3.05, 3.63) is 78.1 Å². The smallest absolute Gasteiger partial charge is 0.316 e. The molecule has 0 aliphatic heterocycles. The van der Waals surface area contributed by atoms with Crippen LogP contribution >= 0.6 is 0 Å². The van der Waals surface area contributed by atoms with Crippen molar-refractivity contribution < 1.29 is 9.53 Å².